The first-order valence-electron chi connectivity index (χ1n) is 23.1. The Morgan fingerprint density at radius 3 is 1.35 bits per heavy atom. The first kappa shape index (κ1) is 50.6. The zero-order chi connectivity index (χ0) is 38.0. The highest BCUT2D eigenvalue weighted by Crippen LogP contribution is 2.18. The average molecular weight is 735 g/mol. The number of carbonyl (C=O) groups is 2. The maximum Gasteiger partial charge on any atom is 0.306 e. The second-order valence-corrected chi connectivity index (χ2v) is 15.7. The lowest BCUT2D eigenvalue weighted by atomic mass is 10.0. The Balaban J connectivity index is 4.10. The summed E-state index contributed by atoms with van der Waals surface area (Å²) in [6, 6.07) is 0. The zero-order valence-electron chi connectivity index (χ0n) is 35.4. The maximum absolute atomic E-state index is 12.7. The van der Waals surface area contributed by atoms with Crippen molar-refractivity contribution in [2.45, 2.75) is 245 Å². The van der Waals surface area contributed by atoms with Crippen LogP contribution in [0.25, 0.3) is 0 Å². The molecule has 6 nitrogen and oxygen atoms in total. The molecule has 0 aliphatic rings. The lowest BCUT2D eigenvalue weighted by Gasteiger charge is -2.22. The van der Waals surface area contributed by atoms with Gasteiger partial charge in [0.1, 0.15) is 6.10 Å². The quantitative estimate of drug-likeness (QED) is 0.0354. The summed E-state index contributed by atoms with van der Waals surface area (Å²) in [6.07, 6.45) is 40.0. The summed E-state index contributed by atoms with van der Waals surface area (Å²) in [5.41, 5.74) is 0. The molecule has 0 unspecified atom stereocenters. The summed E-state index contributed by atoms with van der Waals surface area (Å²) in [6.45, 7) is 15.2. The third kappa shape index (κ3) is 38.3. The minimum absolute atomic E-state index is 0.0147. The summed E-state index contributed by atoms with van der Waals surface area (Å²) in [5.74, 6) is 0.0156. The molecule has 0 spiro atoms. The normalized spacial score (nSPS) is 11.5. The van der Waals surface area contributed by atoms with Crippen LogP contribution in [0.15, 0.2) is 4.99 Å². The van der Waals surface area contributed by atoms with Crippen molar-refractivity contribution in [3.63, 3.8) is 0 Å². The number of hydrogen-bond donors (Lipinski definition) is 0. The van der Waals surface area contributed by atoms with E-state index in [1.165, 1.54) is 154 Å². The summed E-state index contributed by atoms with van der Waals surface area (Å²) in [7, 11) is 0. The van der Waals surface area contributed by atoms with Crippen molar-refractivity contribution in [1.29, 1.82) is 0 Å². The third-order valence-corrected chi connectivity index (χ3v) is 10.6. The minimum Gasteiger partial charge on any atom is -0.466 e. The molecule has 0 heterocycles. The zero-order valence-corrected chi connectivity index (χ0v) is 35.4. The van der Waals surface area contributed by atoms with E-state index in [1.54, 1.807) is 0 Å². The maximum atomic E-state index is 12.7. The first-order chi connectivity index (χ1) is 25.6. The molecule has 0 radical (unpaired) electrons. The lowest BCUT2D eigenvalue weighted by molar-refractivity contribution is -0.150. The molecule has 308 valence electrons. The van der Waals surface area contributed by atoms with Gasteiger partial charge in [0.05, 0.1) is 6.61 Å². The summed E-state index contributed by atoms with van der Waals surface area (Å²) in [4.78, 5) is 31.5. The molecule has 0 aliphatic carbocycles. The molecule has 0 amide bonds. The SMILES string of the molecule is C=NCCCN(CCCCCCCC(=O)OCCCCCCCCC)CCCCCCCC(=O)OC(CCCCCCCC)CCCCCCCC. The molecule has 6 heteroatoms. The fourth-order valence-corrected chi connectivity index (χ4v) is 7.14. The largest absolute Gasteiger partial charge is 0.466 e. The number of rotatable bonds is 43. The van der Waals surface area contributed by atoms with Gasteiger partial charge in [-0.3, -0.25) is 9.59 Å². The van der Waals surface area contributed by atoms with E-state index >= 15 is 0 Å². The highest BCUT2D eigenvalue weighted by molar-refractivity contribution is 5.69. The Morgan fingerprint density at radius 2 is 0.865 bits per heavy atom. The number of carbonyl (C=O) groups excluding carboxylic acids is 2. The van der Waals surface area contributed by atoms with Crippen LogP contribution in [-0.4, -0.2) is 62.4 Å². The Bertz CT molecular complexity index is 745. The number of esters is 2. The molecule has 0 N–H and O–H groups in total. The van der Waals surface area contributed by atoms with Crippen LogP contribution in [0, 0.1) is 0 Å². The van der Waals surface area contributed by atoms with Crippen molar-refractivity contribution in [1.82, 2.24) is 4.90 Å². The van der Waals surface area contributed by atoms with Crippen molar-refractivity contribution in [3.8, 4) is 0 Å². The first-order valence-corrected chi connectivity index (χ1v) is 23.1. The number of hydrogen-bond acceptors (Lipinski definition) is 6. The Labute approximate surface area is 324 Å². The fraction of sp³-hybridized carbons (Fsp3) is 0.935. The van der Waals surface area contributed by atoms with E-state index in [2.05, 4.69) is 37.4 Å². The summed E-state index contributed by atoms with van der Waals surface area (Å²) >= 11 is 0. The Hall–Kier alpha value is -1.43. The van der Waals surface area contributed by atoms with E-state index in [4.69, 9.17) is 9.47 Å². The van der Waals surface area contributed by atoms with Gasteiger partial charge in [-0.05, 0) is 90.6 Å². The van der Waals surface area contributed by atoms with Crippen LogP contribution in [0.5, 0.6) is 0 Å². The van der Waals surface area contributed by atoms with Crippen molar-refractivity contribution < 1.29 is 19.1 Å². The van der Waals surface area contributed by atoms with Gasteiger partial charge in [0.2, 0.25) is 0 Å². The van der Waals surface area contributed by atoms with Crippen molar-refractivity contribution in [3.05, 3.63) is 0 Å². The van der Waals surface area contributed by atoms with Gasteiger partial charge in [0.15, 0.2) is 0 Å². The topological polar surface area (TPSA) is 68.2 Å². The molecule has 0 saturated heterocycles. The molecule has 0 aromatic rings. The molecule has 0 aromatic carbocycles. The molecule has 52 heavy (non-hydrogen) atoms. The van der Waals surface area contributed by atoms with Crippen LogP contribution in [0.2, 0.25) is 0 Å². The number of unbranched alkanes of at least 4 members (excludes halogenated alkanes) is 24. The van der Waals surface area contributed by atoms with E-state index in [9.17, 15) is 9.59 Å². The third-order valence-electron chi connectivity index (χ3n) is 10.6. The van der Waals surface area contributed by atoms with Crippen molar-refractivity contribution >= 4 is 18.7 Å². The number of aliphatic imine (C=N–C) groups is 1. The molecule has 0 fully saturated rings. The molecule has 0 saturated carbocycles. The summed E-state index contributed by atoms with van der Waals surface area (Å²) in [5, 5.41) is 0. The summed E-state index contributed by atoms with van der Waals surface area (Å²) < 4.78 is 11.5. The number of nitrogens with zero attached hydrogens (tertiary/aromatic N) is 2. The molecular weight excluding hydrogens is 645 g/mol. The smallest absolute Gasteiger partial charge is 0.306 e. The van der Waals surface area contributed by atoms with E-state index in [0.29, 0.717) is 19.4 Å². The van der Waals surface area contributed by atoms with Crippen LogP contribution in [0.4, 0.5) is 0 Å². The average Bonchev–Trinajstić information content (AvgIpc) is 3.14. The second-order valence-electron chi connectivity index (χ2n) is 15.7. The lowest BCUT2D eigenvalue weighted by Crippen LogP contribution is -2.27. The van der Waals surface area contributed by atoms with Crippen LogP contribution in [0.3, 0.4) is 0 Å². The number of ether oxygens (including phenoxy) is 2. The van der Waals surface area contributed by atoms with E-state index in [-0.39, 0.29) is 18.0 Å². The fourth-order valence-electron chi connectivity index (χ4n) is 7.14. The van der Waals surface area contributed by atoms with Gasteiger partial charge >= 0.3 is 11.9 Å². The standard InChI is InChI=1S/C46H90N2O4/c1-5-8-11-14-17-26-33-43-51-45(49)37-29-22-18-24-31-40-48(42-34-39-47-4)41-32-25-19-23-30-38-46(50)52-44(35-27-20-15-12-9-6-2)36-28-21-16-13-10-7-3/h44H,4-43H2,1-3H3. The van der Waals surface area contributed by atoms with Gasteiger partial charge in [-0.15, -0.1) is 0 Å². The van der Waals surface area contributed by atoms with Gasteiger partial charge in [-0.2, -0.15) is 0 Å². The van der Waals surface area contributed by atoms with Crippen LogP contribution >= 0.6 is 0 Å². The van der Waals surface area contributed by atoms with Gasteiger partial charge in [0, 0.05) is 19.4 Å². The highest BCUT2D eigenvalue weighted by Gasteiger charge is 2.14. The minimum atomic E-state index is -0.0147. The predicted octanol–water partition coefficient (Wildman–Crippen LogP) is 13.8. The van der Waals surface area contributed by atoms with Crippen LogP contribution in [-0.2, 0) is 19.1 Å². The second kappa shape index (κ2) is 42.3. The predicted molar refractivity (Wildman–Crippen MR) is 226 cm³/mol. The van der Waals surface area contributed by atoms with Crippen molar-refractivity contribution in [2.75, 3.05) is 32.8 Å². The molecule has 0 rings (SSSR count). The van der Waals surface area contributed by atoms with E-state index in [1.807, 2.05) is 0 Å². The van der Waals surface area contributed by atoms with E-state index in [0.717, 1.165) is 77.5 Å². The van der Waals surface area contributed by atoms with E-state index < -0.39 is 0 Å². The molecular formula is C46H90N2O4. The van der Waals surface area contributed by atoms with Gasteiger partial charge < -0.3 is 19.4 Å². The van der Waals surface area contributed by atoms with Gasteiger partial charge in [-0.1, -0.05) is 162 Å². The molecule has 0 atom stereocenters. The van der Waals surface area contributed by atoms with Crippen molar-refractivity contribution in [2.24, 2.45) is 4.99 Å². The van der Waals surface area contributed by atoms with Crippen LogP contribution < -0.4 is 0 Å². The van der Waals surface area contributed by atoms with Gasteiger partial charge in [-0.25, -0.2) is 0 Å². The monoisotopic (exact) mass is 735 g/mol. The molecule has 0 aliphatic heterocycles. The van der Waals surface area contributed by atoms with Crippen LogP contribution in [0.1, 0.15) is 239 Å². The molecule has 0 aromatic heterocycles. The molecule has 0 bridgehead atoms. The Kier molecular flexibility index (Phi) is 41.1. The van der Waals surface area contributed by atoms with Gasteiger partial charge in [0.25, 0.3) is 0 Å². The highest BCUT2D eigenvalue weighted by atomic mass is 16.5. The Morgan fingerprint density at radius 1 is 0.481 bits per heavy atom.